The van der Waals surface area contributed by atoms with Gasteiger partial charge in [0.05, 0.1) is 7.11 Å². The molecule has 16 heavy (non-hydrogen) atoms. The number of aliphatic hydroxyl groups excluding tert-OH is 1. The van der Waals surface area contributed by atoms with Crippen LogP contribution in [0.15, 0.2) is 42.2 Å². The topological polar surface area (TPSA) is 46.5 Å². The zero-order valence-corrected chi connectivity index (χ0v) is 8.93. The number of allylic oxidation sites excluding steroid dienone is 3. The molecule has 0 bridgehead atoms. The normalized spacial score (nSPS) is 15.4. The van der Waals surface area contributed by atoms with Crippen molar-refractivity contribution < 1.29 is 14.6 Å². The van der Waals surface area contributed by atoms with E-state index in [1.165, 1.54) is 6.08 Å². The number of ether oxygens (including phenoxy) is 1. The second-order valence-corrected chi connectivity index (χ2v) is 3.58. The minimum Gasteiger partial charge on any atom is -0.508 e. The number of rotatable bonds is 2. The van der Waals surface area contributed by atoms with Crippen molar-refractivity contribution >= 4 is 11.4 Å². The molecular weight excluding hydrogens is 204 g/mol. The lowest BCUT2D eigenvalue weighted by atomic mass is 9.95. The molecule has 0 aromatic heterocycles. The fraction of sp³-hybridized carbons (Fsp3) is 0.154. The quantitative estimate of drug-likeness (QED) is 0.826. The van der Waals surface area contributed by atoms with E-state index in [-0.39, 0.29) is 11.5 Å². The summed E-state index contributed by atoms with van der Waals surface area (Å²) in [6.45, 7) is 0. The van der Waals surface area contributed by atoms with E-state index in [0.717, 1.165) is 11.1 Å². The average molecular weight is 216 g/mol. The Morgan fingerprint density at radius 2 is 2.00 bits per heavy atom. The molecule has 0 saturated carbocycles. The first-order valence-electron chi connectivity index (χ1n) is 4.98. The Hall–Kier alpha value is -2.03. The van der Waals surface area contributed by atoms with E-state index in [4.69, 9.17) is 4.74 Å². The van der Waals surface area contributed by atoms with Gasteiger partial charge in [-0.05, 0) is 17.7 Å². The van der Waals surface area contributed by atoms with Crippen molar-refractivity contribution in [2.45, 2.75) is 6.42 Å². The number of methoxy groups -OCH3 is 1. The van der Waals surface area contributed by atoms with Gasteiger partial charge in [0.15, 0.2) is 5.78 Å². The first-order valence-corrected chi connectivity index (χ1v) is 4.98. The summed E-state index contributed by atoms with van der Waals surface area (Å²) in [5.74, 6) is 0.606. The standard InChI is InChI=1S/C13H12O3/c1-16-13-5-3-2-4-12(13)9-6-10(14)8-11(15)7-9/h2-6,8,14H,7H2,1H3. The van der Waals surface area contributed by atoms with E-state index in [0.29, 0.717) is 12.2 Å². The summed E-state index contributed by atoms with van der Waals surface area (Å²) in [5.41, 5.74) is 1.63. The molecular formula is C13H12O3. The third-order valence-electron chi connectivity index (χ3n) is 2.45. The minimum absolute atomic E-state index is 0.00263. The third-order valence-corrected chi connectivity index (χ3v) is 2.45. The fourth-order valence-electron chi connectivity index (χ4n) is 1.76. The van der Waals surface area contributed by atoms with Crippen LogP contribution in [0.3, 0.4) is 0 Å². The van der Waals surface area contributed by atoms with Crippen LogP contribution in [0.5, 0.6) is 5.75 Å². The molecule has 0 amide bonds. The van der Waals surface area contributed by atoms with Crippen LogP contribution in [-0.4, -0.2) is 18.0 Å². The summed E-state index contributed by atoms with van der Waals surface area (Å²) < 4.78 is 5.22. The van der Waals surface area contributed by atoms with E-state index >= 15 is 0 Å². The molecule has 0 fully saturated rings. The van der Waals surface area contributed by atoms with E-state index in [2.05, 4.69) is 0 Å². The van der Waals surface area contributed by atoms with Gasteiger partial charge in [-0.25, -0.2) is 0 Å². The molecule has 3 heteroatoms. The highest BCUT2D eigenvalue weighted by Gasteiger charge is 2.15. The number of ketones is 1. The van der Waals surface area contributed by atoms with Crippen molar-refractivity contribution in [1.82, 2.24) is 0 Å². The van der Waals surface area contributed by atoms with Gasteiger partial charge < -0.3 is 9.84 Å². The highest BCUT2D eigenvalue weighted by atomic mass is 16.5. The Kier molecular flexibility index (Phi) is 2.77. The molecule has 0 heterocycles. The summed E-state index contributed by atoms with van der Waals surface area (Å²) in [5, 5.41) is 9.40. The third kappa shape index (κ3) is 1.98. The lowest BCUT2D eigenvalue weighted by Crippen LogP contribution is -2.03. The van der Waals surface area contributed by atoms with Gasteiger partial charge in [-0.3, -0.25) is 4.79 Å². The van der Waals surface area contributed by atoms with Crippen molar-refractivity contribution in [2.75, 3.05) is 7.11 Å². The molecule has 3 nitrogen and oxygen atoms in total. The highest BCUT2D eigenvalue weighted by Crippen LogP contribution is 2.30. The number of hydrogen-bond donors (Lipinski definition) is 1. The molecule has 0 radical (unpaired) electrons. The van der Waals surface area contributed by atoms with E-state index in [1.54, 1.807) is 13.2 Å². The van der Waals surface area contributed by atoms with Gasteiger partial charge >= 0.3 is 0 Å². The van der Waals surface area contributed by atoms with Crippen LogP contribution >= 0.6 is 0 Å². The van der Waals surface area contributed by atoms with Crippen LogP contribution in [0, 0.1) is 0 Å². The molecule has 1 aliphatic carbocycles. The highest BCUT2D eigenvalue weighted by molar-refractivity contribution is 6.01. The minimum atomic E-state index is -0.0964. The number of aliphatic hydroxyl groups is 1. The van der Waals surface area contributed by atoms with Crippen molar-refractivity contribution in [3.05, 3.63) is 47.7 Å². The van der Waals surface area contributed by atoms with Crippen LogP contribution < -0.4 is 4.74 Å². The maximum Gasteiger partial charge on any atom is 0.163 e. The van der Waals surface area contributed by atoms with E-state index in [1.807, 2.05) is 24.3 Å². The molecule has 1 aromatic carbocycles. The molecule has 1 aliphatic rings. The first kappa shape index (κ1) is 10.5. The zero-order chi connectivity index (χ0) is 11.5. The van der Waals surface area contributed by atoms with Crippen LogP contribution in [0.25, 0.3) is 5.57 Å². The van der Waals surface area contributed by atoms with Gasteiger partial charge in [0, 0.05) is 18.1 Å². The van der Waals surface area contributed by atoms with Crippen molar-refractivity contribution in [3.8, 4) is 5.75 Å². The fourth-order valence-corrected chi connectivity index (χ4v) is 1.76. The molecule has 1 N–H and O–H groups in total. The van der Waals surface area contributed by atoms with Gasteiger partial charge in [0.25, 0.3) is 0 Å². The average Bonchev–Trinajstić information content (AvgIpc) is 2.27. The molecule has 0 saturated heterocycles. The summed E-state index contributed by atoms with van der Waals surface area (Å²) in [6.07, 6.45) is 3.13. The molecule has 1 aromatic rings. The Morgan fingerprint density at radius 3 is 2.69 bits per heavy atom. The summed E-state index contributed by atoms with van der Waals surface area (Å²) in [7, 11) is 1.58. The Morgan fingerprint density at radius 1 is 1.25 bits per heavy atom. The Bertz CT molecular complexity index is 484. The van der Waals surface area contributed by atoms with Gasteiger partial charge in [-0.15, -0.1) is 0 Å². The largest absolute Gasteiger partial charge is 0.508 e. The maximum absolute atomic E-state index is 11.3. The molecule has 2 rings (SSSR count). The first-order chi connectivity index (χ1) is 7.70. The van der Waals surface area contributed by atoms with Crippen LogP contribution in [0.1, 0.15) is 12.0 Å². The summed E-state index contributed by atoms with van der Waals surface area (Å²) >= 11 is 0. The van der Waals surface area contributed by atoms with Gasteiger partial charge in [-0.2, -0.15) is 0 Å². The lowest BCUT2D eigenvalue weighted by molar-refractivity contribution is -0.113. The monoisotopic (exact) mass is 216 g/mol. The number of carbonyl (C=O) groups is 1. The number of benzene rings is 1. The number of para-hydroxylation sites is 1. The smallest absolute Gasteiger partial charge is 0.163 e. The van der Waals surface area contributed by atoms with E-state index < -0.39 is 0 Å². The van der Waals surface area contributed by atoms with Crippen molar-refractivity contribution in [3.63, 3.8) is 0 Å². The molecule has 0 spiro atoms. The molecule has 0 atom stereocenters. The maximum atomic E-state index is 11.3. The number of hydrogen-bond acceptors (Lipinski definition) is 3. The van der Waals surface area contributed by atoms with Crippen LogP contribution in [0.4, 0.5) is 0 Å². The summed E-state index contributed by atoms with van der Waals surface area (Å²) in [4.78, 5) is 11.3. The lowest BCUT2D eigenvalue weighted by Gasteiger charge is -2.13. The Balaban J connectivity index is 2.45. The number of carbonyl (C=O) groups excluding carboxylic acids is 1. The molecule has 0 aliphatic heterocycles. The summed E-state index contributed by atoms with van der Waals surface area (Å²) in [6, 6.07) is 7.44. The van der Waals surface area contributed by atoms with Crippen LogP contribution in [0.2, 0.25) is 0 Å². The second kappa shape index (κ2) is 4.23. The Labute approximate surface area is 93.7 Å². The van der Waals surface area contributed by atoms with Gasteiger partial charge in [0.2, 0.25) is 0 Å². The predicted molar refractivity (Wildman–Crippen MR) is 61.3 cm³/mol. The van der Waals surface area contributed by atoms with Gasteiger partial charge in [-0.1, -0.05) is 18.2 Å². The predicted octanol–water partition coefficient (Wildman–Crippen LogP) is 2.49. The zero-order valence-electron chi connectivity index (χ0n) is 8.93. The second-order valence-electron chi connectivity index (χ2n) is 3.58. The SMILES string of the molecule is COc1ccccc1C1=CC(O)=CC(=O)C1. The van der Waals surface area contributed by atoms with Gasteiger partial charge in [0.1, 0.15) is 11.5 Å². The van der Waals surface area contributed by atoms with E-state index in [9.17, 15) is 9.90 Å². The van der Waals surface area contributed by atoms with Crippen molar-refractivity contribution in [2.24, 2.45) is 0 Å². The molecule has 82 valence electrons. The molecule has 0 unspecified atom stereocenters. The van der Waals surface area contributed by atoms with Crippen LogP contribution in [-0.2, 0) is 4.79 Å². The van der Waals surface area contributed by atoms with Crippen molar-refractivity contribution in [1.29, 1.82) is 0 Å².